The predicted molar refractivity (Wildman–Crippen MR) is 90.2 cm³/mol. The third-order valence-corrected chi connectivity index (χ3v) is 5.04. The summed E-state index contributed by atoms with van der Waals surface area (Å²) in [6.07, 6.45) is 2.32. The molecular weight excluding hydrogens is 276 g/mol. The highest BCUT2D eigenvalue weighted by Gasteiger charge is 2.19. The van der Waals surface area contributed by atoms with Crippen molar-refractivity contribution in [3.8, 4) is 0 Å². The first-order valence-electron chi connectivity index (χ1n) is 7.48. The average Bonchev–Trinajstić information content (AvgIpc) is 2.93. The summed E-state index contributed by atoms with van der Waals surface area (Å²) < 4.78 is 0. The number of rotatable bonds is 2. The van der Waals surface area contributed by atoms with Gasteiger partial charge in [-0.1, -0.05) is 60.2 Å². The van der Waals surface area contributed by atoms with E-state index >= 15 is 0 Å². The molecule has 0 nitrogen and oxygen atoms in total. The molecule has 0 N–H and O–H groups in total. The molecule has 1 unspecified atom stereocenters. The summed E-state index contributed by atoms with van der Waals surface area (Å²) in [6, 6.07) is 19.6. The number of alkyl halides is 1. The highest BCUT2D eigenvalue weighted by Crippen LogP contribution is 2.39. The van der Waals surface area contributed by atoms with E-state index in [9.17, 15) is 0 Å². The molecule has 3 aromatic carbocycles. The maximum Gasteiger partial charge on any atom is 0.0841 e. The standard InChI is InChI=1S/C20H17Cl/c1-13-5-7-16(8-6-13)20(21)18-12-11-15-10-9-14-3-2-4-17(18)19(14)15/h2-8,11-12,20H,9-10H2,1H3. The van der Waals surface area contributed by atoms with Crippen LogP contribution in [0.1, 0.15) is 33.2 Å². The van der Waals surface area contributed by atoms with Gasteiger partial charge < -0.3 is 0 Å². The van der Waals surface area contributed by atoms with Gasteiger partial charge in [-0.3, -0.25) is 0 Å². The van der Waals surface area contributed by atoms with Gasteiger partial charge in [0.1, 0.15) is 0 Å². The minimum atomic E-state index is -0.0875. The Balaban J connectivity index is 1.89. The fourth-order valence-corrected chi connectivity index (χ4v) is 3.74. The van der Waals surface area contributed by atoms with Crippen LogP contribution in [0.15, 0.2) is 54.6 Å². The second-order valence-corrected chi connectivity index (χ2v) is 6.36. The predicted octanol–water partition coefficient (Wildman–Crippen LogP) is 5.58. The maximum absolute atomic E-state index is 6.79. The van der Waals surface area contributed by atoms with Gasteiger partial charge in [0, 0.05) is 0 Å². The minimum absolute atomic E-state index is 0.0875. The van der Waals surface area contributed by atoms with Crippen LogP contribution in [0.25, 0.3) is 10.8 Å². The van der Waals surface area contributed by atoms with Crippen molar-refractivity contribution in [1.29, 1.82) is 0 Å². The zero-order chi connectivity index (χ0) is 14.4. The third-order valence-electron chi connectivity index (χ3n) is 4.55. The molecule has 0 fully saturated rings. The monoisotopic (exact) mass is 292 g/mol. The van der Waals surface area contributed by atoms with Crippen LogP contribution in [-0.2, 0) is 12.8 Å². The zero-order valence-electron chi connectivity index (χ0n) is 12.1. The van der Waals surface area contributed by atoms with Gasteiger partial charge in [-0.25, -0.2) is 0 Å². The van der Waals surface area contributed by atoms with E-state index in [4.69, 9.17) is 11.6 Å². The highest BCUT2D eigenvalue weighted by molar-refractivity contribution is 6.23. The molecule has 104 valence electrons. The molecule has 0 radical (unpaired) electrons. The first-order chi connectivity index (χ1) is 10.2. The molecule has 1 aliphatic carbocycles. The Morgan fingerprint density at radius 3 is 2.33 bits per heavy atom. The largest absolute Gasteiger partial charge is 0.113 e. The van der Waals surface area contributed by atoms with Crippen LogP contribution in [0.4, 0.5) is 0 Å². The van der Waals surface area contributed by atoms with Gasteiger partial charge in [0.15, 0.2) is 0 Å². The lowest BCUT2D eigenvalue weighted by molar-refractivity contribution is 1.02. The summed E-state index contributed by atoms with van der Waals surface area (Å²) in [6.45, 7) is 2.10. The topological polar surface area (TPSA) is 0 Å². The number of hydrogen-bond donors (Lipinski definition) is 0. The molecule has 0 amide bonds. The van der Waals surface area contributed by atoms with Crippen molar-refractivity contribution >= 4 is 22.4 Å². The Morgan fingerprint density at radius 2 is 1.57 bits per heavy atom. The van der Waals surface area contributed by atoms with Crippen LogP contribution in [0.5, 0.6) is 0 Å². The molecule has 4 rings (SSSR count). The summed E-state index contributed by atoms with van der Waals surface area (Å²) >= 11 is 6.79. The fourth-order valence-electron chi connectivity index (χ4n) is 3.41. The van der Waals surface area contributed by atoms with E-state index in [1.807, 2.05) is 0 Å². The molecule has 0 saturated carbocycles. The van der Waals surface area contributed by atoms with E-state index in [-0.39, 0.29) is 5.38 Å². The van der Waals surface area contributed by atoms with Gasteiger partial charge in [-0.2, -0.15) is 0 Å². The van der Waals surface area contributed by atoms with E-state index in [0.717, 1.165) is 12.8 Å². The first-order valence-corrected chi connectivity index (χ1v) is 7.92. The number of aryl methyl sites for hydroxylation is 3. The van der Waals surface area contributed by atoms with Gasteiger partial charge in [0.25, 0.3) is 0 Å². The lowest BCUT2D eigenvalue weighted by Crippen LogP contribution is -1.96. The summed E-state index contributed by atoms with van der Waals surface area (Å²) in [5.41, 5.74) is 6.60. The molecule has 1 atom stereocenters. The number of halogens is 1. The van der Waals surface area contributed by atoms with Gasteiger partial charge in [0.05, 0.1) is 5.38 Å². The highest BCUT2D eigenvalue weighted by atomic mass is 35.5. The van der Waals surface area contributed by atoms with Crippen LogP contribution in [-0.4, -0.2) is 0 Å². The van der Waals surface area contributed by atoms with Gasteiger partial charge in [-0.05, 0) is 52.8 Å². The smallest absolute Gasteiger partial charge is 0.0841 e. The second kappa shape index (κ2) is 4.89. The van der Waals surface area contributed by atoms with Gasteiger partial charge in [0.2, 0.25) is 0 Å². The third kappa shape index (κ3) is 2.06. The van der Waals surface area contributed by atoms with Crippen molar-refractivity contribution in [3.63, 3.8) is 0 Å². The zero-order valence-corrected chi connectivity index (χ0v) is 12.8. The van der Waals surface area contributed by atoms with Gasteiger partial charge >= 0.3 is 0 Å². The lowest BCUT2D eigenvalue weighted by Gasteiger charge is -2.15. The van der Waals surface area contributed by atoms with E-state index in [1.165, 1.54) is 38.6 Å². The first kappa shape index (κ1) is 12.9. The van der Waals surface area contributed by atoms with Crippen LogP contribution < -0.4 is 0 Å². The summed E-state index contributed by atoms with van der Waals surface area (Å²) in [7, 11) is 0. The van der Waals surface area contributed by atoms with E-state index in [2.05, 4.69) is 61.5 Å². The van der Waals surface area contributed by atoms with Crippen molar-refractivity contribution < 1.29 is 0 Å². The van der Waals surface area contributed by atoms with Crippen LogP contribution in [0.2, 0.25) is 0 Å². The molecule has 0 aliphatic heterocycles. The maximum atomic E-state index is 6.79. The molecule has 0 heterocycles. The van der Waals surface area contributed by atoms with Crippen LogP contribution in [0.3, 0.4) is 0 Å². The van der Waals surface area contributed by atoms with E-state index < -0.39 is 0 Å². The van der Waals surface area contributed by atoms with E-state index in [0.29, 0.717) is 0 Å². The Labute approximate surface area is 130 Å². The van der Waals surface area contributed by atoms with Crippen molar-refractivity contribution in [2.75, 3.05) is 0 Å². The number of hydrogen-bond acceptors (Lipinski definition) is 0. The Kier molecular flexibility index (Phi) is 3.01. The Morgan fingerprint density at radius 1 is 0.857 bits per heavy atom. The van der Waals surface area contributed by atoms with Crippen molar-refractivity contribution in [2.24, 2.45) is 0 Å². The molecular formula is C20H17Cl. The van der Waals surface area contributed by atoms with Crippen molar-refractivity contribution in [3.05, 3.63) is 82.4 Å². The average molecular weight is 293 g/mol. The normalized spacial score (nSPS) is 14.6. The molecule has 1 aliphatic rings. The molecule has 21 heavy (non-hydrogen) atoms. The fraction of sp³-hybridized carbons (Fsp3) is 0.200. The Hall–Kier alpha value is -1.79. The molecule has 1 heteroatoms. The van der Waals surface area contributed by atoms with Crippen molar-refractivity contribution in [1.82, 2.24) is 0 Å². The van der Waals surface area contributed by atoms with E-state index in [1.54, 1.807) is 0 Å². The quantitative estimate of drug-likeness (QED) is 0.541. The Bertz CT molecular complexity index is 805. The summed E-state index contributed by atoms with van der Waals surface area (Å²) in [5.74, 6) is 0. The molecule has 3 aromatic rings. The summed E-state index contributed by atoms with van der Waals surface area (Å²) in [5, 5.41) is 2.67. The van der Waals surface area contributed by atoms with Gasteiger partial charge in [-0.15, -0.1) is 11.6 Å². The van der Waals surface area contributed by atoms with Crippen LogP contribution in [0, 0.1) is 6.92 Å². The minimum Gasteiger partial charge on any atom is -0.113 e. The summed E-state index contributed by atoms with van der Waals surface area (Å²) in [4.78, 5) is 0. The molecule has 0 aromatic heterocycles. The molecule has 0 saturated heterocycles. The van der Waals surface area contributed by atoms with Crippen molar-refractivity contribution in [2.45, 2.75) is 25.1 Å². The second-order valence-electron chi connectivity index (χ2n) is 5.93. The lowest BCUT2D eigenvalue weighted by atomic mass is 9.95. The van der Waals surface area contributed by atoms with Crippen LogP contribution >= 0.6 is 11.6 Å². The molecule has 0 bridgehead atoms. The molecule has 0 spiro atoms. The SMILES string of the molecule is Cc1ccc(C(Cl)c2ccc3c4c(cccc24)CC3)cc1. The number of benzene rings is 3.